The van der Waals surface area contributed by atoms with Gasteiger partial charge in [0.05, 0.1) is 22.0 Å². The molecule has 0 bridgehead atoms. The Kier molecular flexibility index (Phi) is 2.62. The fourth-order valence-corrected chi connectivity index (χ4v) is 1.88. The van der Waals surface area contributed by atoms with Crippen molar-refractivity contribution in [1.82, 2.24) is 4.57 Å². The topological polar surface area (TPSA) is 74.1 Å². The van der Waals surface area contributed by atoms with E-state index in [9.17, 15) is 10.1 Å². The number of hydrogen-bond donors (Lipinski definition) is 1. The Morgan fingerprint density at radius 1 is 1.50 bits per heavy atom. The summed E-state index contributed by atoms with van der Waals surface area (Å²) >= 11 is 0. The maximum absolute atomic E-state index is 10.8. The number of nitrogens with two attached hydrogens (primary N) is 1. The summed E-state index contributed by atoms with van der Waals surface area (Å²) < 4.78 is 1.77. The van der Waals surface area contributed by atoms with Crippen molar-refractivity contribution in [3.05, 3.63) is 40.1 Å². The Morgan fingerprint density at radius 3 is 2.88 bits per heavy atom. The Labute approximate surface area is 92.6 Å². The van der Waals surface area contributed by atoms with Crippen molar-refractivity contribution in [3.8, 4) is 0 Å². The molecule has 2 aromatic rings. The van der Waals surface area contributed by atoms with Gasteiger partial charge in [-0.2, -0.15) is 0 Å². The Hall–Kier alpha value is -1.88. The molecule has 0 spiro atoms. The second-order valence-electron chi connectivity index (χ2n) is 3.77. The summed E-state index contributed by atoms with van der Waals surface area (Å²) in [5.41, 5.74) is 7.61. The van der Waals surface area contributed by atoms with Crippen molar-refractivity contribution in [2.45, 2.75) is 6.42 Å². The highest BCUT2D eigenvalue weighted by molar-refractivity contribution is 5.90. The second kappa shape index (κ2) is 3.94. The summed E-state index contributed by atoms with van der Waals surface area (Å²) in [6.45, 7) is 0.581. The number of nitro groups is 1. The largest absolute Gasteiger partial charge is 0.344 e. The van der Waals surface area contributed by atoms with Crippen LogP contribution in [0.4, 0.5) is 5.69 Å². The van der Waals surface area contributed by atoms with Crippen molar-refractivity contribution in [3.63, 3.8) is 0 Å². The predicted octanol–water partition coefficient (Wildman–Crippen LogP) is 1.59. The minimum atomic E-state index is -0.356. The van der Waals surface area contributed by atoms with Gasteiger partial charge >= 0.3 is 0 Å². The van der Waals surface area contributed by atoms with E-state index in [0.29, 0.717) is 11.9 Å². The summed E-state index contributed by atoms with van der Waals surface area (Å²) in [5.74, 6) is 0. The smallest absolute Gasteiger partial charge is 0.294 e. The average molecular weight is 219 g/mol. The quantitative estimate of drug-likeness (QED) is 0.629. The molecular weight excluding hydrogens is 206 g/mol. The van der Waals surface area contributed by atoms with Crippen LogP contribution in [0.3, 0.4) is 0 Å². The van der Waals surface area contributed by atoms with Gasteiger partial charge in [-0.05, 0) is 30.7 Å². The van der Waals surface area contributed by atoms with Crippen molar-refractivity contribution in [1.29, 1.82) is 0 Å². The number of fused-ring (bicyclic) bond motifs is 1. The Balaban J connectivity index is 2.62. The van der Waals surface area contributed by atoms with Gasteiger partial charge in [-0.1, -0.05) is 6.07 Å². The molecule has 0 saturated carbocycles. The molecular formula is C11H13N3O2. The van der Waals surface area contributed by atoms with E-state index < -0.39 is 0 Å². The van der Waals surface area contributed by atoms with Gasteiger partial charge in [0.2, 0.25) is 0 Å². The standard InChI is InChI=1S/C11H13N3O2/c1-13-7-11(14(15)16)9-3-2-8(4-5-12)6-10(9)13/h2-3,6-7H,4-5,12H2,1H3. The first-order chi connectivity index (χ1) is 7.63. The van der Waals surface area contributed by atoms with E-state index in [4.69, 9.17) is 5.73 Å². The molecule has 16 heavy (non-hydrogen) atoms. The molecule has 5 nitrogen and oxygen atoms in total. The monoisotopic (exact) mass is 219 g/mol. The molecule has 0 aliphatic heterocycles. The van der Waals surface area contributed by atoms with E-state index >= 15 is 0 Å². The summed E-state index contributed by atoms with van der Waals surface area (Å²) in [5, 5.41) is 11.5. The maximum atomic E-state index is 10.8. The van der Waals surface area contributed by atoms with Gasteiger partial charge in [-0.3, -0.25) is 10.1 Å². The third-order valence-corrected chi connectivity index (χ3v) is 2.66. The Morgan fingerprint density at radius 2 is 2.25 bits per heavy atom. The van der Waals surface area contributed by atoms with Gasteiger partial charge in [-0.25, -0.2) is 0 Å². The molecule has 0 radical (unpaired) electrons. The zero-order valence-electron chi connectivity index (χ0n) is 9.01. The van der Waals surface area contributed by atoms with E-state index in [1.165, 1.54) is 6.20 Å². The summed E-state index contributed by atoms with van der Waals surface area (Å²) in [6, 6.07) is 5.63. The lowest BCUT2D eigenvalue weighted by atomic mass is 10.1. The van der Waals surface area contributed by atoms with Gasteiger partial charge in [-0.15, -0.1) is 0 Å². The molecule has 0 aliphatic rings. The minimum Gasteiger partial charge on any atom is -0.344 e. The van der Waals surface area contributed by atoms with Crippen LogP contribution in [0.5, 0.6) is 0 Å². The molecule has 2 rings (SSSR count). The number of nitrogens with zero attached hydrogens (tertiary/aromatic N) is 2. The molecule has 1 heterocycles. The van der Waals surface area contributed by atoms with Crippen LogP contribution in [-0.4, -0.2) is 16.0 Å². The molecule has 1 aromatic carbocycles. The number of rotatable bonds is 3. The van der Waals surface area contributed by atoms with Gasteiger partial charge < -0.3 is 10.3 Å². The highest BCUT2D eigenvalue weighted by Crippen LogP contribution is 2.27. The van der Waals surface area contributed by atoms with Gasteiger partial charge in [0.15, 0.2) is 0 Å². The summed E-state index contributed by atoms with van der Waals surface area (Å²) in [6.07, 6.45) is 2.33. The zero-order valence-corrected chi connectivity index (χ0v) is 9.01. The van der Waals surface area contributed by atoms with E-state index in [1.807, 2.05) is 19.2 Å². The van der Waals surface area contributed by atoms with Crippen molar-refractivity contribution >= 4 is 16.6 Å². The molecule has 2 N–H and O–H groups in total. The molecule has 0 fully saturated rings. The molecule has 0 aliphatic carbocycles. The average Bonchev–Trinajstić information content (AvgIpc) is 2.57. The predicted molar refractivity (Wildman–Crippen MR) is 62.3 cm³/mol. The number of benzene rings is 1. The summed E-state index contributed by atoms with van der Waals surface area (Å²) in [4.78, 5) is 10.5. The SMILES string of the molecule is Cn1cc([N+](=O)[O-])c2ccc(CCN)cc21. The highest BCUT2D eigenvalue weighted by Gasteiger charge is 2.15. The van der Waals surface area contributed by atoms with E-state index in [-0.39, 0.29) is 10.6 Å². The van der Waals surface area contributed by atoms with E-state index in [1.54, 1.807) is 10.6 Å². The molecule has 1 aromatic heterocycles. The fraction of sp³-hybridized carbons (Fsp3) is 0.273. The first-order valence-electron chi connectivity index (χ1n) is 5.06. The lowest BCUT2D eigenvalue weighted by molar-refractivity contribution is -0.383. The van der Waals surface area contributed by atoms with Crippen LogP contribution in [0.1, 0.15) is 5.56 Å². The lowest BCUT2D eigenvalue weighted by Gasteiger charge is -2.00. The first kappa shape index (κ1) is 10.6. The van der Waals surface area contributed by atoms with Crippen LogP contribution in [0.15, 0.2) is 24.4 Å². The van der Waals surface area contributed by atoms with Gasteiger partial charge in [0.1, 0.15) is 0 Å². The van der Waals surface area contributed by atoms with Crippen molar-refractivity contribution < 1.29 is 4.92 Å². The summed E-state index contributed by atoms with van der Waals surface area (Å²) in [7, 11) is 1.81. The minimum absolute atomic E-state index is 0.150. The number of aromatic nitrogens is 1. The van der Waals surface area contributed by atoms with Gasteiger partial charge in [0, 0.05) is 7.05 Å². The Bertz CT molecular complexity index is 545. The molecule has 84 valence electrons. The van der Waals surface area contributed by atoms with Crippen LogP contribution in [0.25, 0.3) is 10.9 Å². The third-order valence-electron chi connectivity index (χ3n) is 2.66. The molecule has 5 heteroatoms. The second-order valence-corrected chi connectivity index (χ2v) is 3.77. The molecule has 0 amide bonds. The van der Waals surface area contributed by atoms with Crippen LogP contribution in [0, 0.1) is 10.1 Å². The van der Waals surface area contributed by atoms with Crippen LogP contribution < -0.4 is 5.73 Å². The zero-order chi connectivity index (χ0) is 11.7. The third kappa shape index (κ3) is 1.65. The highest BCUT2D eigenvalue weighted by atomic mass is 16.6. The van der Waals surface area contributed by atoms with E-state index in [0.717, 1.165) is 17.5 Å². The van der Waals surface area contributed by atoms with Gasteiger partial charge in [0.25, 0.3) is 5.69 Å². The van der Waals surface area contributed by atoms with Crippen LogP contribution in [-0.2, 0) is 13.5 Å². The van der Waals surface area contributed by atoms with E-state index in [2.05, 4.69) is 0 Å². The molecule has 0 atom stereocenters. The van der Waals surface area contributed by atoms with Crippen LogP contribution in [0.2, 0.25) is 0 Å². The van der Waals surface area contributed by atoms with Crippen molar-refractivity contribution in [2.24, 2.45) is 12.8 Å². The molecule has 0 saturated heterocycles. The number of aryl methyl sites for hydroxylation is 1. The maximum Gasteiger partial charge on any atom is 0.294 e. The fourth-order valence-electron chi connectivity index (χ4n) is 1.88. The normalized spacial score (nSPS) is 10.9. The first-order valence-corrected chi connectivity index (χ1v) is 5.06. The van der Waals surface area contributed by atoms with Crippen molar-refractivity contribution in [2.75, 3.05) is 6.54 Å². The van der Waals surface area contributed by atoms with Crippen LogP contribution >= 0.6 is 0 Å². The number of hydrogen-bond acceptors (Lipinski definition) is 3. The molecule has 0 unspecified atom stereocenters. The lowest BCUT2D eigenvalue weighted by Crippen LogP contribution is -2.02.